The van der Waals surface area contributed by atoms with Gasteiger partial charge < -0.3 is 10.6 Å². The van der Waals surface area contributed by atoms with E-state index in [9.17, 15) is 4.79 Å². The molecular weight excluding hydrogens is 202 g/mol. The molecule has 0 fully saturated rings. The average molecular weight is 229 g/mol. The average Bonchev–Trinajstić information content (AvgIpc) is 2.29. The lowest BCUT2D eigenvalue weighted by Crippen LogP contribution is -2.45. The molecule has 0 radical (unpaired) electrons. The fourth-order valence-electron chi connectivity index (χ4n) is 1.83. The molecule has 0 spiro atoms. The summed E-state index contributed by atoms with van der Waals surface area (Å²) < 4.78 is 0. The quantitative estimate of drug-likeness (QED) is 0.673. The molecule has 0 aromatic rings. The van der Waals surface area contributed by atoms with Crippen molar-refractivity contribution in [2.75, 3.05) is 33.2 Å². The van der Waals surface area contributed by atoms with Gasteiger partial charge >= 0.3 is 0 Å². The number of nitrogens with two attached hydrogens (primary N) is 1. The highest BCUT2D eigenvalue weighted by atomic mass is 16.2. The standard InChI is InChI=1S/C12H27N3O/c1-5-11(6-2)15(9-8-13)10-12(16)14(4)7-3/h11H,5-10,13H2,1-4H3. The third-order valence-corrected chi connectivity index (χ3v) is 3.11. The van der Waals surface area contributed by atoms with Gasteiger partial charge in [0.15, 0.2) is 0 Å². The van der Waals surface area contributed by atoms with Crippen LogP contribution in [-0.2, 0) is 4.79 Å². The molecule has 0 aromatic carbocycles. The Morgan fingerprint density at radius 2 is 1.81 bits per heavy atom. The fraction of sp³-hybridized carbons (Fsp3) is 0.917. The molecule has 0 saturated carbocycles. The van der Waals surface area contributed by atoms with Crippen molar-refractivity contribution in [3.8, 4) is 0 Å². The summed E-state index contributed by atoms with van der Waals surface area (Å²) in [5.41, 5.74) is 5.59. The Bertz CT molecular complexity index is 193. The Kier molecular flexibility index (Phi) is 8.21. The minimum atomic E-state index is 0.183. The van der Waals surface area contributed by atoms with E-state index in [1.54, 1.807) is 4.90 Å². The van der Waals surface area contributed by atoms with Crippen LogP contribution in [0.1, 0.15) is 33.6 Å². The Morgan fingerprint density at radius 1 is 1.25 bits per heavy atom. The van der Waals surface area contributed by atoms with E-state index in [0.29, 0.717) is 19.1 Å². The molecule has 2 N–H and O–H groups in total. The second-order valence-corrected chi connectivity index (χ2v) is 4.14. The van der Waals surface area contributed by atoms with Crippen LogP contribution in [0.15, 0.2) is 0 Å². The number of amides is 1. The molecule has 0 rings (SSSR count). The van der Waals surface area contributed by atoms with Crippen molar-refractivity contribution in [1.29, 1.82) is 0 Å². The van der Waals surface area contributed by atoms with Gasteiger partial charge in [-0.2, -0.15) is 0 Å². The Balaban J connectivity index is 4.36. The van der Waals surface area contributed by atoms with Crippen LogP contribution in [0.25, 0.3) is 0 Å². The smallest absolute Gasteiger partial charge is 0.236 e. The van der Waals surface area contributed by atoms with E-state index in [2.05, 4.69) is 18.7 Å². The SMILES string of the molecule is CCC(CC)N(CCN)CC(=O)N(C)CC. The van der Waals surface area contributed by atoms with E-state index >= 15 is 0 Å². The second-order valence-electron chi connectivity index (χ2n) is 4.14. The van der Waals surface area contributed by atoms with Gasteiger partial charge in [0.25, 0.3) is 0 Å². The molecule has 1 amide bonds. The van der Waals surface area contributed by atoms with Crippen molar-refractivity contribution in [3.63, 3.8) is 0 Å². The van der Waals surface area contributed by atoms with Crippen LogP contribution in [0, 0.1) is 0 Å². The molecule has 0 aromatic heterocycles. The Labute approximate surface area is 99.8 Å². The van der Waals surface area contributed by atoms with Crippen LogP contribution in [0.2, 0.25) is 0 Å². The van der Waals surface area contributed by atoms with Crippen LogP contribution in [0.4, 0.5) is 0 Å². The van der Waals surface area contributed by atoms with Crippen molar-refractivity contribution in [2.45, 2.75) is 39.7 Å². The molecule has 4 nitrogen and oxygen atoms in total. The summed E-state index contributed by atoms with van der Waals surface area (Å²) in [4.78, 5) is 15.8. The summed E-state index contributed by atoms with van der Waals surface area (Å²) in [7, 11) is 1.84. The number of carbonyl (C=O) groups is 1. The maximum atomic E-state index is 11.8. The second kappa shape index (κ2) is 8.53. The summed E-state index contributed by atoms with van der Waals surface area (Å²) >= 11 is 0. The molecule has 0 aliphatic carbocycles. The van der Waals surface area contributed by atoms with Crippen LogP contribution < -0.4 is 5.73 Å². The highest BCUT2D eigenvalue weighted by molar-refractivity contribution is 5.77. The lowest BCUT2D eigenvalue weighted by atomic mass is 10.1. The minimum Gasteiger partial charge on any atom is -0.345 e. The molecule has 0 aliphatic rings. The summed E-state index contributed by atoms with van der Waals surface area (Å²) in [6.45, 7) is 8.97. The summed E-state index contributed by atoms with van der Waals surface area (Å²) in [5.74, 6) is 0.183. The van der Waals surface area contributed by atoms with E-state index in [4.69, 9.17) is 5.73 Å². The summed E-state index contributed by atoms with van der Waals surface area (Å²) in [5, 5.41) is 0. The van der Waals surface area contributed by atoms with E-state index in [0.717, 1.165) is 25.9 Å². The third-order valence-electron chi connectivity index (χ3n) is 3.11. The summed E-state index contributed by atoms with van der Waals surface area (Å²) in [6.07, 6.45) is 2.14. The van der Waals surface area contributed by atoms with E-state index in [-0.39, 0.29) is 5.91 Å². The number of nitrogens with zero attached hydrogens (tertiary/aromatic N) is 2. The lowest BCUT2D eigenvalue weighted by Gasteiger charge is -2.30. The largest absolute Gasteiger partial charge is 0.345 e. The third kappa shape index (κ3) is 4.94. The van der Waals surface area contributed by atoms with E-state index in [1.165, 1.54) is 0 Å². The zero-order valence-corrected chi connectivity index (χ0v) is 11.2. The van der Waals surface area contributed by atoms with Gasteiger partial charge in [-0.05, 0) is 19.8 Å². The van der Waals surface area contributed by atoms with E-state index < -0.39 is 0 Å². The normalized spacial score (nSPS) is 11.2. The minimum absolute atomic E-state index is 0.183. The van der Waals surface area contributed by atoms with Gasteiger partial charge in [-0.25, -0.2) is 0 Å². The highest BCUT2D eigenvalue weighted by Gasteiger charge is 2.18. The molecule has 0 heterocycles. The van der Waals surface area contributed by atoms with Gasteiger partial charge in [-0.1, -0.05) is 13.8 Å². The van der Waals surface area contributed by atoms with Crippen molar-refractivity contribution < 1.29 is 4.79 Å². The number of rotatable bonds is 8. The molecular formula is C12H27N3O. The van der Waals surface area contributed by atoms with Gasteiger partial charge in [0.1, 0.15) is 0 Å². The zero-order chi connectivity index (χ0) is 12.6. The van der Waals surface area contributed by atoms with E-state index in [1.807, 2.05) is 14.0 Å². The first-order chi connectivity index (χ1) is 7.60. The fourth-order valence-corrected chi connectivity index (χ4v) is 1.83. The number of carbonyl (C=O) groups excluding carboxylic acids is 1. The van der Waals surface area contributed by atoms with Crippen LogP contribution in [0.3, 0.4) is 0 Å². The number of likely N-dealkylation sites (N-methyl/N-ethyl adjacent to an activating group) is 1. The molecule has 16 heavy (non-hydrogen) atoms. The van der Waals surface area contributed by atoms with Gasteiger partial charge in [0.05, 0.1) is 6.54 Å². The lowest BCUT2D eigenvalue weighted by molar-refractivity contribution is -0.131. The predicted molar refractivity (Wildman–Crippen MR) is 68.3 cm³/mol. The number of hydrogen-bond donors (Lipinski definition) is 1. The van der Waals surface area contributed by atoms with Crippen LogP contribution in [-0.4, -0.2) is 55.0 Å². The van der Waals surface area contributed by atoms with Gasteiger partial charge in [0, 0.05) is 32.7 Å². The first kappa shape index (κ1) is 15.4. The molecule has 0 aliphatic heterocycles. The number of hydrogen-bond acceptors (Lipinski definition) is 3. The maximum Gasteiger partial charge on any atom is 0.236 e. The monoisotopic (exact) mass is 229 g/mol. The van der Waals surface area contributed by atoms with Crippen LogP contribution >= 0.6 is 0 Å². The van der Waals surface area contributed by atoms with Crippen molar-refractivity contribution in [2.24, 2.45) is 5.73 Å². The predicted octanol–water partition coefficient (Wildman–Crippen LogP) is 0.914. The molecule has 0 bridgehead atoms. The van der Waals surface area contributed by atoms with Gasteiger partial charge in [-0.15, -0.1) is 0 Å². The first-order valence-electron chi connectivity index (χ1n) is 6.28. The molecule has 0 atom stereocenters. The van der Waals surface area contributed by atoms with Gasteiger partial charge in [0.2, 0.25) is 5.91 Å². The Hall–Kier alpha value is -0.610. The molecule has 96 valence electrons. The highest BCUT2D eigenvalue weighted by Crippen LogP contribution is 2.08. The molecule has 0 unspecified atom stereocenters. The van der Waals surface area contributed by atoms with Crippen molar-refractivity contribution in [1.82, 2.24) is 9.80 Å². The Morgan fingerprint density at radius 3 is 2.19 bits per heavy atom. The maximum absolute atomic E-state index is 11.8. The van der Waals surface area contributed by atoms with Crippen molar-refractivity contribution in [3.05, 3.63) is 0 Å². The summed E-state index contributed by atoms with van der Waals surface area (Å²) in [6, 6.07) is 0.470. The molecule has 4 heteroatoms. The topological polar surface area (TPSA) is 49.6 Å². The first-order valence-corrected chi connectivity index (χ1v) is 6.28. The zero-order valence-electron chi connectivity index (χ0n) is 11.2. The van der Waals surface area contributed by atoms with Gasteiger partial charge in [-0.3, -0.25) is 9.69 Å². The molecule has 0 saturated heterocycles. The van der Waals surface area contributed by atoms with Crippen molar-refractivity contribution >= 4 is 5.91 Å². The van der Waals surface area contributed by atoms with Crippen LogP contribution in [0.5, 0.6) is 0 Å².